The van der Waals surface area contributed by atoms with Crippen molar-refractivity contribution < 1.29 is 18.8 Å². The van der Waals surface area contributed by atoms with E-state index in [2.05, 4.69) is 10.3 Å². The number of anilines is 1. The first-order valence-electron chi connectivity index (χ1n) is 9.36. The molecule has 0 aliphatic heterocycles. The standard InChI is InChI=1S/C22H17FN4O4/c1-14(22(28)24-17-6-4-16(23)5-7-17)31-19-9-2-15(3-10-19)20-13-26-12-18(27(29)30)8-11-21(26)25-20/h2-14H,1H3,(H,24,28). The summed E-state index contributed by atoms with van der Waals surface area (Å²) in [6.07, 6.45) is 2.34. The number of carbonyl (C=O) groups excluding carboxylic acids is 1. The molecule has 2 aromatic heterocycles. The van der Waals surface area contributed by atoms with Gasteiger partial charge in [0.25, 0.3) is 11.6 Å². The van der Waals surface area contributed by atoms with E-state index in [9.17, 15) is 19.3 Å². The van der Waals surface area contributed by atoms with Gasteiger partial charge in [-0.2, -0.15) is 0 Å². The van der Waals surface area contributed by atoms with Crippen LogP contribution in [-0.2, 0) is 4.79 Å². The maximum absolute atomic E-state index is 13.0. The van der Waals surface area contributed by atoms with Gasteiger partial charge in [-0.1, -0.05) is 0 Å². The molecule has 156 valence electrons. The van der Waals surface area contributed by atoms with E-state index >= 15 is 0 Å². The summed E-state index contributed by atoms with van der Waals surface area (Å²) in [6, 6.07) is 15.5. The molecule has 1 amide bonds. The fourth-order valence-corrected chi connectivity index (χ4v) is 2.97. The summed E-state index contributed by atoms with van der Waals surface area (Å²) in [5.74, 6) is -0.256. The summed E-state index contributed by atoms with van der Waals surface area (Å²) >= 11 is 0. The third-order valence-electron chi connectivity index (χ3n) is 4.59. The number of imidazole rings is 1. The Hall–Kier alpha value is -4.27. The van der Waals surface area contributed by atoms with Gasteiger partial charge in [-0.15, -0.1) is 0 Å². The molecule has 1 atom stereocenters. The van der Waals surface area contributed by atoms with Crippen molar-refractivity contribution in [2.24, 2.45) is 0 Å². The first kappa shape index (κ1) is 20.0. The maximum Gasteiger partial charge on any atom is 0.286 e. The fraction of sp³-hybridized carbons (Fsp3) is 0.0909. The van der Waals surface area contributed by atoms with Gasteiger partial charge < -0.3 is 10.1 Å². The van der Waals surface area contributed by atoms with Crippen LogP contribution in [0.25, 0.3) is 16.9 Å². The second-order valence-corrected chi connectivity index (χ2v) is 6.82. The highest BCUT2D eigenvalue weighted by Crippen LogP contribution is 2.24. The normalized spacial score (nSPS) is 11.8. The summed E-state index contributed by atoms with van der Waals surface area (Å²) in [6.45, 7) is 1.61. The average molecular weight is 420 g/mol. The third-order valence-corrected chi connectivity index (χ3v) is 4.59. The van der Waals surface area contributed by atoms with E-state index in [1.54, 1.807) is 47.9 Å². The highest BCUT2D eigenvalue weighted by Gasteiger charge is 2.15. The minimum Gasteiger partial charge on any atom is -0.481 e. The molecule has 0 radical (unpaired) electrons. The van der Waals surface area contributed by atoms with Gasteiger partial charge >= 0.3 is 0 Å². The molecule has 0 saturated heterocycles. The Kier molecular flexibility index (Phi) is 5.31. The number of ether oxygens (including phenoxy) is 1. The van der Waals surface area contributed by atoms with Gasteiger partial charge in [0.1, 0.15) is 17.2 Å². The van der Waals surface area contributed by atoms with E-state index in [4.69, 9.17) is 4.74 Å². The molecule has 0 aliphatic carbocycles. The average Bonchev–Trinajstić information content (AvgIpc) is 3.19. The molecule has 8 nitrogen and oxygen atoms in total. The number of rotatable bonds is 6. The van der Waals surface area contributed by atoms with Gasteiger partial charge in [0, 0.05) is 23.5 Å². The molecule has 1 unspecified atom stereocenters. The van der Waals surface area contributed by atoms with Crippen molar-refractivity contribution in [1.82, 2.24) is 9.38 Å². The maximum atomic E-state index is 13.0. The molecule has 1 N–H and O–H groups in total. The molecule has 0 saturated carbocycles. The third kappa shape index (κ3) is 4.50. The van der Waals surface area contributed by atoms with Crippen LogP contribution in [0.2, 0.25) is 0 Å². The fourth-order valence-electron chi connectivity index (χ4n) is 2.97. The predicted molar refractivity (Wildman–Crippen MR) is 112 cm³/mol. The number of nitrogens with one attached hydrogen (secondary N) is 1. The Labute approximate surface area is 176 Å². The smallest absolute Gasteiger partial charge is 0.286 e. The Balaban J connectivity index is 1.44. The number of aromatic nitrogens is 2. The quantitative estimate of drug-likeness (QED) is 0.367. The Bertz CT molecular complexity index is 1250. The van der Waals surface area contributed by atoms with Crippen LogP contribution in [0, 0.1) is 15.9 Å². The van der Waals surface area contributed by atoms with Crippen molar-refractivity contribution in [2.75, 3.05) is 5.32 Å². The van der Waals surface area contributed by atoms with E-state index < -0.39 is 11.0 Å². The number of pyridine rings is 1. The van der Waals surface area contributed by atoms with Crippen LogP contribution >= 0.6 is 0 Å². The molecule has 2 aromatic carbocycles. The number of fused-ring (bicyclic) bond motifs is 1. The van der Waals surface area contributed by atoms with Gasteiger partial charge in [-0.3, -0.25) is 19.3 Å². The molecule has 31 heavy (non-hydrogen) atoms. The number of nitrogens with zero attached hydrogens (tertiary/aromatic N) is 3. The number of halogens is 1. The lowest BCUT2D eigenvalue weighted by Gasteiger charge is -2.15. The van der Waals surface area contributed by atoms with Crippen LogP contribution in [0.15, 0.2) is 73.1 Å². The van der Waals surface area contributed by atoms with Crippen molar-refractivity contribution in [2.45, 2.75) is 13.0 Å². The van der Waals surface area contributed by atoms with Crippen molar-refractivity contribution in [3.8, 4) is 17.0 Å². The lowest BCUT2D eigenvalue weighted by atomic mass is 10.1. The first-order valence-corrected chi connectivity index (χ1v) is 9.36. The second-order valence-electron chi connectivity index (χ2n) is 6.82. The Morgan fingerprint density at radius 2 is 1.81 bits per heavy atom. The zero-order valence-electron chi connectivity index (χ0n) is 16.4. The van der Waals surface area contributed by atoms with Gasteiger partial charge in [-0.05, 0) is 61.5 Å². The predicted octanol–water partition coefficient (Wildman–Crippen LogP) is 4.45. The number of carbonyl (C=O) groups is 1. The minimum atomic E-state index is -0.772. The van der Waals surface area contributed by atoms with Crippen molar-refractivity contribution in [1.29, 1.82) is 0 Å². The summed E-state index contributed by atoms with van der Waals surface area (Å²) < 4.78 is 20.2. The van der Waals surface area contributed by atoms with E-state index in [0.717, 1.165) is 5.56 Å². The first-order chi connectivity index (χ1) is 14.9. The van der Waals surface area contributed by atoms with Crippen molar-refractivity contribution >= 4 is 22.9 Å². The van der Waals surface area contributed by atoms with Crippen LogP contribution in [0.5, 0.6) is 5.75 Å². The van der Waals surface area contributed by atoms with E-state index in [-0.39, 0.29) is 17.4 Å². The van der Waals surface area contributed by atoms with Crippen LogP contribution in [0.1, 0.15) is 6.92 Å². The zero-order valence-corrected chi connectivity index (χ0v) is 16.4. The highest BCUT2D eigenvalue weighted by atomic mass is 19.1. The molecule has 0 aliphatic rings. The second kappa shape index (κ2) is 8.23. The van der Waals surface area contributed by atoms with Crippen LogP contribution < -0.4 is 10.1 Å². The number of amides is 1. The number of nitro groups is 1. The van der Waals surface area contributed by atoms with Gasteiger partial charge in [0.15, 0.2) is 6.10 Å². The van der Waals surface area contributed by atoms with Crippen LogP contribution in [-0.4, -0.2) is 26.3 Å². The Morgan fingerprint density at radius 1 is 1.10 bits per heavy atom. The summed E-state index contributed by atoms with van der Waals surface area (Å²) in [5.41, 5.74) is 2.49. The number of hydrogen-bond donors (Lipinski definition) is 1. The minimum absolute atomic E-state index is 0.0203. The number of benzene rings is 2. The molecule has 9 heteroatoms. The molecule has 0 bridgehead atoms. The van der Waals surface area contributed by atoms with Crippen LogP contribution in [0.3, 0.4) is 0 Å². The largest absolute Gasteiger partial charge is 0.481 e. The molecule has 4 aromatic rings. The SMILES string of the molecule is CC(Oc1ccc(-c2cn3cc([N+](=O)[O-])ccc3n2)cc1)C(=O)Nc1ccc(F)cc1. The topological polar surface area (TPSA) is 98.8 Å². The van der Waals surface area contributed by atoms with E-state index in [1.807, 2.05) is 0 Å². The van der Waals surface area contributed by atoms with Gasteiger partial charge in [0.05, 0.1) is 16.8 Å². The summed E-state index contributed by atoms with van der Waals surface area (Å²) in [7, 11) is 0. The molecular weight excluding hydrogens is 403 g/mol. The number of hydrogen-bond acceptors (Lipinski definition) is 5. The Morgan fingerprint density at radius 3 is 2.48 bits per heavy atom. The lowest BCUT2D eigenvalue weighted by Crippen LogP contribution is -2.30. The highest BCUT2D eigenvalue weighted by molar-refractivity contribution is 5.94. The van der Waals surface area contributed by atoms with Gasteiger partial charge in [0.2, 0.25) is 0 Å². The molecule has 0 spiro atoms. The van der Waals surface area contributed by atoms with E-state index in [0.29, 0.717) is 22.8 Å². The lowest BCUT2D eigenvalue weighted by molar-refractivity contribution is -0.385. The zero-order chi connectivity index (χ0) is 22.0. The van der Waals surface area contributed by atoms with Crippen LogP contribution in [0.4, 0.5) is 15.8 Å². The van der Waals surface area contributed by atoms with E-state index in [1.165, 1.54) is 36.5 Å². The molecule has 0 fully saturated rings. The van der Waals surface area contributed by atoms with Crippen molar-refractivity contribution in [3.63, 3.8) is 0 Å². The molecule has 2 heterocycles. The molecule has 4 rings (SSSR count). The molecular formula is C22H17FN4O4. The van der Waals surface area contributed by atoms with Crippen molar-refractivity contribution in [3.05, 3.63) is 89.0 Å². The van der Waals surface area contributed by atoms with Gasteiger partial charge in [-0.25, -0.2) is 9.37 Å². The summed E-state index contributed by atoms with van der Waals surface area (Å²) in [5, 5.41) is 13.6. The summed E-state index contributed by atoms with van der Waals surface area (Å²) in [4.78, 5) is 27.2. The monoisotopic (exact) mass is 420 g/mol.